The van der Waals surface area contributed by atoms with Gasteiger partial charge in [0, 0.05) is 25.7 Å². The number of hydrogen-bond donors (Lipinski definition) is 3. The van der Waals surface area contributed by atoms with E-state index in [4.69, 9.17) is 37.0 Å². The van der Waals surface area contributed by atoms with E-state index in [1.807, 2.05) is 0 Å². The molecule has 0 saturated carbocycles. The van der Waals surface area contributed by atoms with Gasteiger partial charge in [0.2, 0.25) is 0 Å². The van der Waals surface area contributed by atoms with Gasteiger partial charge in [0.1, 0.15) is 19.3 Å². The number of rotatable bonds is 75. The number of aliphatic hydroxyl groups is 1. The number of carbonyl (C=O) groups excluding carboxylic acids is 4. The largest absolute Gasteiger partial charge is 0.472 e. The van der Waals surface area contributed by atoms with E-state index in [9.17, 15) is 43.2 Å². The maximum absolute atomic E-state index is 13.1. The van der Waals surface area contributed by atoms with Gasteiger partial charge in [0.25, 0.3) is 0 Å². The van der Waals surface area contributed by atoms with Gasteiger partial charge in [0.05, 0.1) is 26.4 Å². The van der Waals surface area contributed by atoms with Gasteiger partial charge >= 0.3 is 39.5 Å². The Hall–Kier alpha value is -1.94. The van der Waals surface area contributed by atoms with Crippen LogP contribution in [0.15, 0.2) is 0 Å². The standard InChI is InChI=1S/C75H146O17P2/c1-6-9-12-15-17-19-21-23-25-27-28-29-30-31-33-35-37-39-41-45-50-55-60-74(79)92-71(65-86-73(78)59-54-49-44-40-38-36-34-32-26-24-22-20-18-16-13-10-7-2)67-90-94(83,84)88-63-69(76)62-87-93(81,82)89-66-70(64-85-72(77)58-53-47-14-11-8-3)91-75(80)61-56-51-46-42-43-48-52-57-68(4)5/h68-71,76H,6-67H2,1-5H3,(H,81,82)(H,83,84)/t69-,70+,71+/m0/s1. The monoisotopic (exact) mass is 1380 g/mol. The second kappa shape index (κ2) is 68.2. The summed E-state index contributed by atoms with van der Waals surface area (Å²) in [5.41, 5.74) is 0. The molecule has 0 aromatic carbocycles. The Morgan fingerprint density at radius 1 is 0.287 bits per heavy atom. The van der Waals surface area contributed by atoms with Crippen LogP contribution in [0.25, 0.3) is 0 Å². The van der Waals surface area contributed by atoms with E-state index in [-0.39, 0.29) is 25.7 Å². The minimum Gasteiger partial charge on any atom is -0.462 e. The molecule has 5 atom stereocenters. The minimum absolute atomic E-state index is 0.103. The third-order valence-electron chi connectivity index (χ3n) is 17.5. The van der Waals surface area contributed by atoms with Crippen LogP contribution in [-0.2, 0) is 65.4 Å². The summed E-state index contributed by atoms with van der Waals surface area (Å²) in [6.45, 7) is 7.12. The number of phosphoric ester groups is 2. The molecule has 0 spiro atoms. The van der Waals surface area contributed by atoms with Crippen LogP contribution in [-0.4, -0.2) is 96.7 Å². The van der Waals surface area contributed by atoms with E-state index >= 15 is 0 Å². The van der Waals surface area contributed by atoms with Gasteiger partial charge in [-0.2, -0.15) is 0 Å². The summed E-state index contributed by atoms with van der Waals surface area (Å²) >= 11 is 0. The highest BCUT2D eigenvalue weighted by atomic mass is 31.2. The van der Waals surface area contributed by atoms with Crippen LogP contribution in [0.2, 0.25) is 0 Å². The van der Waals surface area contributed by atoms with Crippen molar-refractivity contribution in [1.82, 2.24) is 0 Å². The second-order valence-electron chi connectivity index (χ2n) is 27.5. The Bertz CT molecular complexity index is 1810. The van der Waals surface area contributed by atoms with Gasteiger partial charge in [0.15, 0.2) is 12.2 Å². The molecule has 0 bridgehead atoms. The normalized spacial score (nSPS) is 14.0. The number of esters is 4. The molecule has 0 aliphatic carbocycles. The van der Waals surface area contributed by atoms with E-state index in [0.29, 0.717) is 31.6 Å². The molecule has 0 rings (SSSR count). The van der Waals surface area contributed by atoms with Crippen molar-refractivity contribution in [2.45, 2.75) is 412 Å². The van der Waals surface area contributed by atoms with Gasteiger partial charge < -0.3 is 33.8 Å². The van der Waals surface area contributed by atoms with Gasteiger partial charge in [-0.15, -0.1) is 0 Å². The predicted octanol–water partition coefficient (Wildman–Crippen LogP) is 22.1. The van der Waals surface area contributed by atoms with Crippen LogP contribution in [0.5, 0.6) is 0 Å². The zero-order valence-electron chi connectivity index (χ0n) is 61.1. The van der Waals surface area contributed by atoms with Crippen LogP contribution >= 0.6 is 15.6 Å². The maximum atomic E-state index is 13.1. The number of aliphatic hydroxyl groups excluding tert-OH is 1. The Labute approximate surface area is 575 Å². The van der Waals surface area contributed by atoms with Gasteiger partial charge in [-0.25, -0.2) is 9.13 Å². The van der Waals surface area contributed by atoms with Crippen LogP contribution in [0, 0.1) is 5.92 Å². The molecule has 0 radical (unpaired) electrons. The topological polar surface area (TPSA) is 237 Å². The fourth-order valence-electron chi connectivity index (χ4n) is 11.5. The van der Waals surface area contributed by atoms with Crippen molar-refractivity contribution in [3.63, 3.8) is 0 Å². The molecule has 3 N–H and O–H groups in total. The molecule has 2 unspecified atom stereocenters. The van der Waals surface area contributed by atoms with E-state index in [1.54, 1.807) is 0 Å². The molecule has 0 aromatic heterocycles. The van der Waals surface area contributed by atoms with Gasteiger partial charge in [-0.3, -0.25) is 37.3 Å². The number of phosphoric acid groups is 2. The highest BCUT2D eigenvalue weighted by molar-refractivity contribution is 7.47. The first-order valence-electron chi connectivity index (χ1n) is 39.1. The summed E-state index contributed by atoms with van der Waals surface area (Å²) in [6.07, 6.45) is 57.7. The van der Waals surface area contributed by atoms with Crippen LogP contribution < -0.4 is 0 Å². The molecule has 0 aliphatic heterocycles. The molecule has 94 heavy (non-hydrogen) atoms. The summed E-state index contributed by atoms with van der Waals surface area (Å²) in [6, 6.07) is 0. The summed E-state index contributed by atoms with van der Waals surface area (Å²) in [4.78, 5) is 72.4. The second-order valence-corrected chi connectivity index (χ2v) is 30.4. The molecule has 0 heterocycles. The smallest absolute Gasteiger partial charge is 0.462 e. The third-order valence-corrected chi connectivity index (χ3v) is 19.4. The molecule has 558 valence electrons. The zero-order chi connectivity index (χ0) is 69.1. The van der Waals surface area contributed by atoms with Crippen molar-refractivity contribution in [3.05, 3.63) is 0 Å². The van der Waals surface area contributed by atoms with Gasteiger partial charge in [-0.05, 0) is 31.6 Å². The van der Waals surface area contributed by atoms with Crippen LogP contribution in [0.3, 0.4) is 0 Å². The molecule has 19 heteroatoms. The quantitative estimate of drug-likeness (QED) is 0.0222. The lowest BCUT2D eigenvalue weighted by atomic mass is 10.0. The Morgan fingerprint density at radius 2 is 0.489 bits per heavy atom. The average molecular weight is 1380 g/mol. The fraction of sp³-hybridized carbons (Fsp3) is 0.947. The lowest BCUT2D eigenvalue weighted by Gasteiger charge is -2.21. The summed E-state index contributed by atoms with van der Waals surface area (Å²) in [5.74, 6) is -1.43. The van der Waals surface area contributed by atoms with Crippen LogP contribution in [0.4, 0.5) is 0 Å². The molecule has 0 saturated heterocycles. The molecule has 0 aliphatic rings. The van der Waals surface area contributed by atoms with E-state index < -0.39 is 97.5 Å². The van der Waals surface area contributed by atoms with Crippen molar-refractivity contribution in [2.24, 2.45) is 5.92 Å². The molecule has 17 nitrogen and oxygen atoms in total. The van der Waals surface area contributed by atoms with E-state index in [1.165, 1.54) is 212 Å². The highest BCUT2D eigenvalue weighted by Crippen LogP contribution is 2.45. The minimum atomic E-state index is -4.95. The molecule has 0 aromatic rings. The van der Waals surface area contributed by atoms with E-state index in [2.05, 4.69) is 34.6 Å². The van der Waals surface area contributed by atoms with Crippen molar-refractivity contribution in [1.29, 1.82) is 0 Å². The summed E-state index contributed by atoms with van der Waals surface area (Å²) in [7, 11) is -9.90. The Kier molecular flexibility index (Phi) is 66.8. The van der Waals surface area contributed by atoms with Crippen molar-refractivity contribution < 1.29 is 80.2 Å². The first-order chi connectivity index (χ1) is 45.5. The number of unbranched alkanes of at least 4 members (excludes halogenated alkanes) is 47. The average Bonchev–Trinajstić information content (AvgIpc) is 2.03. The Balaban J connectivity index is 5.10. The highest BCUT2D eigenvalue weighted by Gasteiger charge is 2.30. The zero-order valence-corrected chi connectivity index (χ0v) is 62.9. The number of ether oxygens (including phenoxy) is 4. The lowest BCUT2D eigenvalue weighted by molar-refractivity contribution is -0.161. The first kappa shape index (κ1) is 92.1. The van der Waals surface area contributed by atoms with Crippen LogP contribution in [0.1, 0.15) is 394 Å². The van der Waals surface area contributed by atoms with Gasteiger partial charge in [-0.1, -0.05) is 343 Å². The fourth-order valence-corrected chi connectivity index (χ4v) is 13.1. The van der Waals surface area contributed by atoms with Crippen molar-refractivity contribution in [2.75, 3.05) is 39.6 Å². The third kappa shape index (κ3) is 68.6. The molecular formula is C75H146O17P2. The molecular weight excluding hydrogens is 1230 g/mol. The van der Waals surface area contributed by atoms with Crippen molar-refractivity contribution in [3.8, 4) is 0 Å². The summed E-state index contributed by atoms with van der Waals surface area (Å²) < 4.78 is 68.2. The first-order valence-corrected chi connectivity index (χ1v) is 42.1. The van der Waals surface area contributed by atoms with Crippen molar-refractivity contribution >= 4 is 39.5 Å². The maximum Gasteiger partial charge on any atom is 0.472 e. The number of carbonyl (C=O) groups is 4. The summed E-state index contributed by atoms with van der Waals surface area (Å²) in [5, 5.41) is 10.6. The molecule has 0 fully saturated rings. The van der Waals surface area contributed by atoms with E-state index in [0.717, 1.165) is 96.3 Å². The molecule has 0 amide bonds. The lowest BCUT2D eigenvalue weighted by Crippen LogP contribution is -2.30. The SMILES string of the molecule is CCCCCCCCCCCCCCCCCCCCCCCCC(=O)O[C@H](COC(=O)CCCCCCCCCCCCCCCCCCC)COP(=O)(O)OC[C@@H](O)COP(=O)(O)OC[C@@H](COC(=O)CCCCCCC)OC(=O)CCCCCCCCCC(C)C. The Morgan fingerprint density at radius 3 is 0.723 bits per heavy atom. The number of hydrogen-bond acceptors (Lipinski definition) is 15. The predicted molar refractivity (Wildman–Crippen MR) is 382 cm³/mol.